The van der Waals surface area contributed by atoms with Crippen LogP contribution in [0.15, 0.2) is 23.8 Å². The number of ether oxygens (including phenoxy) is 1. The van der Waals surface area contributed by atoms with Crippen molar-refractivity contribution in [2.75, 3.05) is 14.2 Å². The lowest BCUT2D eigenvalue weighted by Crippen LogP contribution is -2.43. The second-order valence-electron chi connectivity index (χ2n) is 5.78. The quantitative estimate of drug-likeness (QED) is 0.840. The fourth-order valence-corrected chi connectivity index (χ4v) is 3.83. The number of aliphatic hydroxyl groups is 1. The van der Waals surface area contributed by atoms with Crippen molar-refractivity contribution in [2.24, 2.45) is 0 Å². The Morgan fingerprint density at radius 2 is 2.09 bits per heavy atom. The Morgan fingerprint density at radius 3 is 2.73 bits per heavy atom. The number of carbonyl (C=O) groups excluding carboxylic acids is 1. The molecule has 1 fully saturated rings. The number of halogens is 2. The van der Waals surface area contributed by atoms with E-state index < -0.39 is 12.1 Å². The maximum atomic E-state index is 12.3. The van der Waals surface area contributed by atoms with Gasteiger partial charge < -0.3 is 9.84 Å². The summed E-state index contributed by atoms with van der Waals surface area (Å²) in [6, 6.07) is 5.20. The molecule has 0 aliphatic carbocycles. The van der Waals surface area contributed by atoms with Crippen molar-refractivity contribution in [1.29, 1.82) is 0 Å². The summed E-state index contributed by atoms with van der Waals surface area (Å²) in [6.45, 7) is 0. The van der Waals surface area contributed by atoms with Crippen LogP contribution < -0.4 is 0 Å². The summed E-state index contributed by atoms with van der Waals surface area (Å²) in [7, 11) is 3.29. The number of likely N-dealkylation sites (N-methyl/N-ethyl adjacent to an activating group) is 1. The third-order valence-corrected chi connectivity index (χ3v) is 5.37. The molecule has 1 aromatic rings. The minimum Gasteiger partial charge on any atom is -0.466 e. The normalized spacial score (nSPS) is 28.1. The van der Waals surface area contributed by atoms with Gasteiger partial charge >= 0.3 is 5.97 Å². The zero-order valence-electron chi connectivity index (χ0n) is 12.3. The topological polar surface area (TPSA) is 49.8 Å². The van der Waals surface area contributed by atoms with Gasteiger partial charge in [-0.2, -0.15) is 0 Å². The van der Waals surface area contributed by atoms with Crippen LogP contribution in [0.2, 0.25) is 10.0 Å². The Morgan fingerprint density at radius 1 is 1.36 bits per heavy atom. The van der Waals surface area contributed by atoms with Gasteiger partial charge in [-0.15, -0.1) is 0 Å². The fraction of sp³-hybridized carbons (Fsp3) is 0.438. The van der Waals surface area contributed by atoms with Gasteiger partial charge in [0.1, 0.15) is 0 Å². The molecular weight excluding hydrogens is 325 g/mol. The molecule has 6 heteroatoms. The Kier molecular flexibility index (Phi) is 4.21. The molecule has 0 amide bonds. The highest BCUT2D eigenvalue weighted by Gasteiger charge is 2.47. The van der Waals surface area contributed by atoms with Gasteiger partial charge in [-0.3, -0.25) is 4.90 Å². The van der Waals surface area contributed by atoms with E-state index in [1.807, 2.05) is 13.1 Å². The number of benzene rings is 1. The van der Waals surface area contributed by atoms with Crippen LogP contribution in [0.25, 0.3) is 5.57 Å². The number of hydrogen-bond donors (Lipinski definition) is 1. The molecule has 3 atom stereocenters. The summed E-state index contributed by atoms with van der Waals surface area (Å²) in [5, 5.41) is 11.2. The number of nitrogens with zero attached hydrogens (tertiary/aromatic N) is 1. The van der Waals surface area contributed by atoms with Gasteiger partial charge in [-0.1, -0.05) is 29.3 Å². The molecule has 2 bridgehead atoms. The van der Waals surface area contributed by atoms with Gasteiger partial charge in [-0.05, 0) is 43.2 Å². The van der Waals surface area contributed by atoms with E-state index in [0.717, 1.165) is 11.1 Å². The lowest BCUT2D eigenvalue weighted by atomic mass is 9.88. The average Bonchev–Trinajstić information content (AvgIpc) is 2.68. The van der Waals surface area contributed by atoms with Gasteiger partial charge in [-0.25, -0.2) is 4.79 Å². The minimum absolute atomic E-state index is 0.206. The molecule has 1 N–H and O–H groups in total. The van der Waals surface area contributed by atoms with Crippen LogP contribution in [-0.2, 0) is 9.53 Å². The van der Waals surface area contributed by atoms with Crippen molar-refractivity contribution in [2.45, 2.75) is 31.0 Å². The highest BCUT2D eigenvalue weighted by Crippen LogP contribution is 2.43. The van der Waals surface area contributed by atoms with Crippen LogP contribution in [0.4, 0.5) is 0 Å². The van der Waals surface area contributed by atoms with Crippen molar-refractivity contribution >= 4 is 34.7 Å². The first-order valence-electron chi connectivity index (χ1n) is 7.10. The summed E-state index contributed by atoms with van der Waals surface area (Å²) in [5.74, 6) is -0.405. The molecule has 1 saturated heterocycles. The molecule has 0 aromatic heterocycles. The van der Waals surface area contributed by atoms with E-state index in [-0.39, 0.29) is 12.1 Å². The van der Waals surface area contributed by atoms with Crippen LogP contribution in [0, 0.1) is 0 Å². The molecule has 2 aliphatic heterocycles. The fourth-order valence-electron chi connectivity index (χ4n) is 3.53. The first kappa shape index (κ1) is 15.8. The van der Waals surface area contributed by atoms with Crippen LogP contribution >= 0.6 is 23.2 Å². The van der Waals surface area contributed by atoms with Gasteiger partial charge in [0, 0.05) is 6.04 Å². The zero-order valence-corrected chi connectivity index (χ0v) is 13.9. The first-order valence-corrected chi connectivity index (χ1v) is 7.86. The van der Waals surface area contributed by atoms with E-state index in [0.29, 0.717) is 28.5 Å². The van der Waals surface area contributed by atoms with Crippen LogP contribution in [0.1, 0.15) is 18.4 Å². The maximum absolute atomic E-state index is 12.3. The van der Waals surface area contributed by atoms with E-state index >= 15 is 0 Å². The third-order valence-electron chi connectivity index (χ3n) is 4.63. The number of hydrogen-bond acceptors (Lipinski definition) is 4. The SMILES string of the molecule is COC(=O)C1=C(c2ccc(Cl)c(Cl)c2)C[C@@H]2C[C@@H](O)[C@H]1N2C. The summed E-state index contributed by atoms with van der Waals surface area (Å²) >= 11 is 12.1. The van der Waals surface area contributed by atoms with E-state index in [2.05, 4.69) is 4.90 Å². The van der Waals surface area contributed by atoms with Crippen molar-refractivity contribution in [1.82, 2.24) is 4.90 Å². The van der Waals surface area contributed by atoms with Crippen LogP contribution in [0.3, 0.4) is 0 Å². The summed E-state index contributed by atoms with van der Waals surface area (Å²) in [5.41, 5.74) is 2.26. The number of methoxy groups -OCH3 is 1. The monoisotopic (exact) mass is 341 g/mol. The molecule has 0 unspecified atom stereocenters. The average molecular weight is 342 g/mol. The first-order chi connectivity index (χ1) is 10.4. The van der Waals surface area contributed by atoms with Gasteiger partial charge in [0.2, 0.25) is 0 Å². The number of aliphatic hydroxyl groups excluding tert-OH is 1. The Labute approximate surface area is 139 Å². The third kappa shape index (κ3) is 2.44. The molecule has 2 aliphatic rings. The molecule has 2 heterocycles. The van der Waals surface area contributed by atoms with E-state index in [1.54, 1.807) is 12.1 Å². The second kappa shape index (κ2) is 5.85. The molecule has 118 valence electrons. The largest absolute Gasteiger partial charge is 0.466 e. The highest BCUT2D eigenvalue weighted by molar-refractivity contribution is 6.42. The van der Waals surface area contributed by atoms with E-state index in [1.165, 1.54) is 7.11 Å². The van der Waals surface area contributed by atoms with E-state index in [9.17, 15) is 9.90 Å². The smallest absolute Gasteiger partial charge is 0.335 e. The molecular formula is C16H17Cl2NO3. The van der Waals surface area contributed by atoms with Crippen molar-refractivity contribution < 1.29 is 14.6 Å². The molecule has 1 aromatic carbocycles. The summed E-state index contributed by atoms with van der Waals surface area (Å²) < 4.78 is 4.95. The van der Waals surface area contributed by atoms with Crippen molar-refractivity contribution in [3.63, 3.8) is 0 Å². The number of rotatable bonds is 2. The standard InChI is InChI=1S/C16H17Cl2NO3/c1-19-9-6-10(8-3-4-11(17)12(18)5-8)14(16(21)22-2)15(19)13(20)7-9/h3-5,9,13,15,20H,6-7H2,1-2H3/t9-,13-,15-/m1/s1. The van der Waals surface area contributed by atoms with E-state index in [4.69, 9.17) is 27.9 Å². The predicted molar refractivity (Wildman–Crippen MR) is 86.0 cm³/mol. The number of fused-ring (bicyclic) bond motifs is 2. The molecule has 0 saturated carbocycles. The molecule has 22 heavy (non-hydrogen) atoms. The Hall–Kier alpha value is -1.07. The zero-order chi connectivity index (χ0) is 16.0. The molecule has 0 radical (unpaired) electrons. The minimum atomic E-state index is -0.565. The molecule has 3 rings (SSSR count). The van der Waals surface area contributed by atoms with Gasteiger partial charge in [0.15, 0.2) is 0 Å². The number of carbonyl (C=O) groups is 1. The van der Waals surface area contributed by atoms with Gasteiger partial charge in [0.05, 0.1) is 34.9 Å². The maximum Gasteiger partial charge on any atom is 0.335 e. The predicted octanol–water partition coefficient (Wildman–Crippen LogP) is 2.76. The Bertz CT molecular complexity index is 659. The highest BCUT2D eigenvalue weighted by atomic mass is 35.5. The number of esters is 1. The van der Waals surface area contributed by atoms with Crippen molar-refractivity contribution in [3.05, 3.63) is 39.4 Å². The lowest BCUT2D eigenvalue weighted by molar-refractivity contribution is -0.137. The lowest BCUT2D eigenvalue weighted by Gasteiger charge is -2.34. The molecule has 4 nitrogen and oxygen atoms in total. The Balaban J connectivity index is 2.16. The summed E-state index contributed by atoms with van der Waals surface area (Å²) in [6.07, 6.45) is 0.753. The second-order valence-corrected chi connectivity index (χ2v) is 6.60. The van der Waals surface area contributed by atoms with Crippen LogP contribution in [0.5, 0.6) is 0 Å². The molecule has 0 spiro atoms. The van der Waals surface area contributed by atoms with Crippen molar-refractivity contribution in [3.8, 4) is 0 Å². The van der Waals surface area contributed by atoms with Gasteiger partial charge in [0.25, 0.3) is 0 Å². The van der Waals surface area contributed by atoms with Crippen LogP contribution in [-0.4, -0.2) is 48.3 Å². The summed E-state index contributed by atoms with van der Waals surface area (Å²) in [4.78, 5) is 14.4.